The Bertz CT molecular complexity index is 921. The molecule has 4 nitrogen and oxygen atoms in total. The van der Waals surface area contributed by atoms with Crippen molar-refractivity contribution in [2.24, 2.45) is 23.7 Å². The first-order valence-electron chi connectivity index (χ1n) is 10.6. The van der Waals surface area contributed by atoms with Crippen LogP contribution >= 0.6 is 0 Å². The second-order valence-electron chi connectivity index (χ2n) is 9.02. The number of rotatable bonds is 4. The van der Waals surface area contributed by atoms with Crippen LogP contribution in [0.25, 0.3) is 5.69 Å². The van der Waals surface area contributed by atoms with Gasteiger partial charge in [0.2, 0.25) is 5.91 Å². The van der Waals surface area contributed by atoms with Crippen molar-refractivity contribution < 1.29 is 9.18 Å². The number of hydrogen-bond donors (Lipinski definition) is 1. The molecule has 3 fully saturated rings. The number of hydrogen-bond acceptors (Lipinski definition) is 2. The number of halogens is 1. The lowest BCUT2D eigenvalue weighted by Gasteiger charge is -2.32. The summed E-state index contributed by atoms with van der Waals surface area (Å²) in [6.07, 6.45) is 6.91. The van der Waals surface area contributed by atoms with Crippen LogP contribution in [0.4, 0.5) is 4.39 Å². The third-order valence-corrected chi connectivity index (χ3v) is 7.63. The molecule has 2 bridgehead atoms. The van der Waals surface area contributed by atoms with Gasteiger partial charge in [-0.15, -0.1) is 0 Å². The second kappa shape index (κ2) is 6.71. The maximum atomic E-state index is 14.2. The van der Waals surface area contributed by atoms with E-state index in [1.165, 1.54) is 31.7 Å². The molecule has 0 spiro atoms. The molecule has 0 radical (unpaired) electrons. The highest BCUT2D eigenvalue weighted by Gasteiger charge is 2.54. The predicted molar refractivity (Wildman–Crippen MR) is 106 cm³/mol. The van der Waals surface area contributed by atoms with Gasteiger partial charge >= 0.3 is 0 Å². The van der Waals surface area contributed by atoms with E-state index in [4.69, 9.17) is 0 Å². The van der Waals surface area contributed by atoms with Crippen molar-refractivity contribution >= 4 is 5.91 Å². The average Bonchev–Trinajstić information content (AvgIpc) is 3.41. The van der Waals surface area contributed by atoms with Gasteiger partial charge in [0.15, 0.2) is 0 Å². The zero-order chi connectivity index (χ0) is 19.4. The molecule has 28 heavy (non-hydrogen) atoms. The minimum Gasteiger partial charge on any atom is -0.353 e. The first-order valence-corrected chi connectivity index (χ1v) is 10.6. The molecule has 0 saturated heterocycles. The third-order valence-electron chi connectivity index (χ3n) is 7.63. The molecule has 1 heterocycles. The number of nitrogens with one attached hydrogen (secondary N) is 1. The van der Waals surface area contributed by atoms with E-state index in [1.54, 1.807) is 22.9 Å². The van der Waals surface area contributed by atoms with Crippen molar-refractivity contribution in [1.29, 1.82) is 0 Å². The van der Waals surface area contributed by atoms with Crippen molar-refractivity contribution in [2.45, 2.75) is 58.4 Å². The topological polar surface area (TPSA) is 46.9 Å². The number of carbonyl (C=O) groups excluding carboxylic acids is 1. The number of aryl methyl sites for hydroxylation is 1. The second-order valence-corrected chi connectivity index (χ2v) is 9.02. The monoisotopic (exact) mass is 381 g/mol. The number of benzene rings is 1. The van der Waals surface area contributed by atoms with Gasteiger partial charge in [-0.1, -0.05) is 18.6 Å². The van der Waals surface area contributed by atoms with Crippen molar-refractivity contribution in [2.75, 3.05) is 0 Å². The smallest absolute Gasteiger partial charge is 0.224 e. The number of aromatic nitrogens is 2. The zero-order valence-electron chi connectivity index (χ0n) is 16.6. The van der Waals surface area contributed by atoms with Crippen molar-refractivity contribution in [3.8, 4) is 5.69 Å². The van der Waals surface area contributed by atoms with Gasteiger partial charge in [0.25, 0.3) is 0 Å². The molecule has 1 aromatic heterocycles. The largest absolute Gasteiger partial charge is 0.353 e. The van der Waals surface area contributed by atoms with Crippen LogP contribution in [0.15, 0.2) is 24.3 Å². The van der Waals surface area contributed by atoms with Gasteiger partial charge in [-0.05, 0) is 75.3 Å². The van der Waals surface area contributed by atoms with Crippen LogP contribution in [0.5, 0.6) is 0 Å². The Hall–Kier alpha value is -2.17. The van der Waals surface area contributed by atoms with Crippen LogP contribution in [-0.4, -0.2) is 21.7 Å². The molecule has 1 N–H and O–H groups in total. The van der Waals surface area contributed by atoms with E-state index in [1.807, 2.05) is 13.8 Å². The molecule has 5 heteroatoms. The predicted octanol–water partition coefficient (Wildman–Crippen LogP) is 4.11. The number of amides is 1. The van der Waals surface area contributed by atoms with Crippen LogP contribution < -0.4 is 5.32 Å². The fraction of sp³-hybridized carbons (Fsp3) is 0.565. The van der Waals surface area contributed by atoms with Crippen molar-refractivity contribution in [3.05, 3.63) is 47.0 Å². The highest BCUT2D eigenvalue weighted by Crippen LogP contribution is 2.58. The SMILES string of the molecule is Cc1nn(-c2ccccc2F)c(C)c1CC(=O)N[C@@H]1C[C@H]2C[C@H]1[C@H]1CCC[C@@H]21. The molecule has 3 aliphatic carbocycles. The summed E-state index contributed by atoms with van der Waals surface area (Å²) in [5.41, 5.74) is 2.96. The zero-order valence-corrected chi connectivity index (χ0v) is 16.6. The summed E-state index contributed by atoms with van der Waals surface area (Å²) in [6.45, 7) is 3.81. The lowest BCUT2D eigenvalue weighted by Crippen LogP contribution is -2.43. The van der Waals surface area contributed by atoms with E-state index in [-0.39, 0.29) is 11.7 Å². The lowest BCUT2D eigenvalue weighted by molar-refractivity contribution is -0.121. The average molecular weight is 381 g/mol. The lowest BCUT2D eigenvalue weighted by atomic mass is 9.79. The van der Waals surface area contributed by atoms with Gasteiger partial charge in [-0.3, -0.25) is 4.79 Å². The van der Waals surface area contributed by atoms with E-state index in [0.717, 1.165) is 41.1 Å². The minimum atomic E-state index is -0.308. The summed E-state index contributed by atoms with van der Waals surface area (Å²) in [4.78, 5) is 12.8. The fourth-order valence-electron chi connectivity index (χ4n) is 6.44. The fourth-order valence-corrected chi connectivity index (χ4v) is 6.44. The van der Waals surface area contributed by atoms with Gasteiger partial charge in [0, 0.05) is 17.3 Å². The molecule has 3 aliphatic rings. The van der Waals surface area contributed by atoms with Gasteiger partial charge in [-0.25, -0.2) is 9.07 Å². The molecule has 2 aromatic rings. The first kappa shape index (κ1) is 17.9. The number of fused-ring (bicyclic) bond motifs is 5. The van der Waals surface area contributed by atoms with E-state index in [9.17, 15) is 9.18 Å². The van der Waals surface area contributed by atoms with E-state index in [0.29, 0.717) is 24.1 Å². The Morgan fingerprint density at radius 3 is 2.79 bits per heavy atom. The Balaban J connectivity index is 1.30. The molecular weight excluding hydrogens is 353 g/mol. The first-order chi connectivity index (χ1) is 13.5. The van der Waals surface area contributed by atoms with Gasteiger partial charge in [0.1, 0.15) is 11.5 Å². The van der Waals surface area contributed by atoms with E-state index < -0.39 is 0 Å². The number of carbonyl (C=O) groups is 1. The molecule has 148 valence electrons. The van der Waals surface area contributed by atoms with Gasteiger partial charge in [-0.2, -0.15) is 5.10 Å². The molecule has 5 rings (SSSR count). The number of para-hydroxylation sites is 1. The van der Waals surface area contributed by atoms with Gasteiger partial charge < -0.3 is 5.32 Å². The van der Waals surface area contributed by atoms with Crippen LogP contribution in [0.2, 0.25) is 0 Å². The molecule has 0 unspecified atom stereocenters. The van der Waals surface area contributed by atoms with E-state index >= 15 is 0 Å². The Labute approximate surface area is 165 Å². The standard InChI is InChI=1S/C23H28FN3O/c1-13-18(14(2)27(26-13)22-9-4-3-8-20(22)24)12-23(28)25-21-11-15-10-19(21)17-7-5-6-16(15)17/h3-4,8-9,15-17,19,21H,5-7,10-12H2,1-2H3,(H,25,28)/t15-,16+,17+,19+,21-/m1/s1. The Morgan fingerprint density at radius 2 is 1.96 bits per heavy atom. The van der Waals surface area contributed by atoms with Crippen LogP contribution in [-0.2, 0) is 11.2 Å². The Morgan fingerprint density at radius 1 is 1.18 bits per heavy atom. The molecule has 1 aromatic carbocycles. The summed E-state index contributed by atoms with van der Waals surface area (Å²) in [7, 11) is 0. The van der Waals surface area contributed by atoms with E-state index in [2.05, 4.69) is 10.4 Å². The van der Waals surface area contributed by atoms with Gasteiger partial charge in [0.05, 0.1) is 12.1 Å². The maximum absolute atomic E-state index is 14.2. The molecule has 0 aliphatic heterocycles. The number of nitrogens with zero attached hydrogens (tertiary/aromatic N) is 2. The van der Waals surface area contributed by atoms with Crippen LogP contribution in [0, 0.1) is 43.3 Å². The van der Waals surface area contributed by atoms with Crippen molar-refractivity contribution in [3.63, 3.8) is 0 Å². The third kappa shape index (κ3) is 2.78. The normalized spacial score (nSPS) is 30.6. The van der Waals surface area contributed by atoms with Crippen LogP contribution in [0.1, 0.15) is 49.1 Å². The minimum absolute atomic E-state index is 0.0754. The summed E-state index contributed by atoms with van der Waals surface area (Å²) < 4.78 is 15.8. The van der Waals surface area contributed by atoms with Crippen LogP contribution in [0.3, 0.4) is 0 Å². The molecule has 1 amide bonds. The Kier molecular flexibility index (Phi) is 4.29. The summed E-state index contributed by atoms with van der Waals surface area (Å²) in [6, 6.07) is 6.96. The summed E-state index contributed by atoms with van der Waals surface area (Å²) in [5.74, 6) is 3.06. The highest BCUT2D eigenvalue weighted by molar-refractivity contribution is 5.79. The highest BCUT2D eigenvalue weighted by atomic mass is 19.1. The molecular formula is C23H28FN3O. The maximum Gasteiger partial charge on any atom is 0.224 e. The van der Waals surface area contributed by atoms with Crippen molar-refractivity contribution in [1.82, 2.24) is 15.1 Å². The molecule has 3 saturated carbocycles. The quantitative estimate of drug-likeness (QED) is 0.866. The summed E-state index contributed by atoms with van der Waals surface area (Å²) >= 11 is 0. The summed E-state index contributed by atoms with van der Waals surface area (Å²) in [5, 5.41) is 7.84. The molecule has 5 atom stereocenters.